The summed E-state index contributed by atoms with van der Waals surface area (Å²) >= 11 is 0. The van der Waals surface area contributed by atoms with Crippen molar-refractivity contribution in [1.29, 1.82) is 0 Å². The van der Waals surface area contributed by atoms with Crippen LogP contribution in [0.25, 0.3) is 0 Å². The molecule has 1 aliphatic heterocycles. The van der Waals surface area contributed by atoms with Crippen LogP contribution in [-0.2, 0) is 11.2 Å². The Bertz CT molecular complexity index is 428. The van der Waals surface area contributed by atoms with E-state index >= 15 is 0 Å². The summed E-state index contributed by atoms with van der Waals surface area (Å²) in [5.74, 6) is -0.736. The molecular formula is C14H20N2O2. The molecule has 1 aromatic rings. The SMILES string of the molecule is Cc1ccccc1CCNC1(CC(=O)O)CNC1. The van der Waals surface area contributed by atoms with Crippen LogP contribution in [0.5, 0.6) is 0 Å². The van der Waals surface area contributed by atoms with E-state index in [1.165, 1.54) is 11.1 Å². The van der Waals surface area contributed by atoms with Gasteiger partial charge in [0.25, 0.3) is 0 Å². The molecule has 0 spiro atoms. The van der Waals surface area contributed by atoms with Gasteiger partial charge < -0.3 is 15.7 Å². The van der Waals surface area contributed by atoms with E-state index in [1.54, 1.807) is 0 Å². The van der Waals surface area contributed by atoms with E-state index in [0.717, 1.165) is 26.1 Å². The van der Waals surface area contributed by atoms with Gasteiger partial charge in [-0.25, -0.2) is 0 Å². The fourth-order valence-electron chi connectivity index (χ4n) is 2.38. The van der Waals surface area contributed by atoms with E-state index in [-0.39, 0.29) is 12.0 Å². The number of benzene rings is 1. The van der Waals surface area contributed by atoms with Crippen LogP contribution in [0, 0.1) is 6.92 Å². The third kappa shape index (κ3) is 3.09. The van der Waals surface area contributed by atoms with E-state index in [4.69, 9.17) is 5.11 Å². The topological polar surface area (TPSA) is 61.4 Å². The Hall–Kier alpha value is -1.39. The van der Waals surface area contributed by atoms with E-state index in [1.807, 2.05) is 12.1 Å². The number of carbonyl (C=O) groups is 1. The quantitative estimate of drug-likeness (QED) is 0.701. The van der Waals surface area contributed by atoms with Crippen molar-refractivity contribution in [2.75, 3.05) is 19.6 Å². The number of rotatable bonds is 6. The summed E-state index contributed by atoms with van der Waals surface area (Å²) in [6.07, 6.45) is 1.13. The average molecular weight is 248 g/mol. The molecule has 18 heavy (non-hydrogen) atoms. The number of aryl methyl sites for hydroxylation is 1. The van der Waals surface area contributed by atoms with Gasteiger partial charge in [0.15, 0.2) is 0 Å². The standard InChI is InChI=1S/C14H20N2O2/c1-11-4-2-3-5-12(11)6-7-16-14(8-13(17)18)9-15-10-14/h2-5,15-16H,6-10H2,1H3,(H,17,18). The van der Waals surface area contributed by atoms with Crippen molar-refractivity contribution in [1.82, 2.24) is 10.6 Å². The van der Waals surface area contributed by atoms with E-state index in [0.29, 0.717) is 0 Å². The Morgan fingerprint density at radius 1 is 1.44 bits per heavy atom. The Balaban J connectivity index is 1.84. The molecule has 4 heteroatoms. The zero-order valence-corrected chi connectivity index (χ0v) is 10.7. The van der Waals surface area contributed by atoms with Crippen molar-refractivity contribution in [2.24, 2.45) is 0 Å². The Morgan fingerprint density at radius 3 is 2.72 bits per heavy atom. The summed E-state index contributed by atoms with van der Waals surface area (Å²) < 4.78 is 0. The first-order valence-electron chi connectivity index (χ1n) is 6.33. The van der Waals surface area contributed by atoms with Crippen LogP contribution >= 0.6 is 0 Å². The molecule has 0 aromatic heterocycles. The minimum atomic E-state index is -0.736. The lowest BCUT2D eigenvalue weighted by Crippen LogP contribution is -2.68. The van der Waals surface area contributed by atoms with Gasteiger partial charge in [0, 0.05) is 13.1 Å². The molecule has 98 valence electrons. The predicted molar refractivity (Wildman–Crippen MR) is 70.7 cm³/mol. The summed E-state index contributed by atoms with van der Waals surface area (Å²) in [6, 6.07) is 8.31. The Labute approximate surface area is 107 Å². The van der Waals surface area contributed by atoms with Crippen molar-refractivity contribution in [2.45, 2.75) is 25.3 Å². The molecule has 0 aliphatic carbocycles. The lowest BCUT2D eigenvalue weighted by molar-refractivity contribution is -0.139. The molecule has 1 aliphatic rings. The lowest BCUT2D eigenvalue weighted by Gasteiger charge is -2.42. The normalized spacial score (nSPS) is 17.2. The van der Waals surface area contributed by atoms with E-state index in [2.05, 4.69) is 29.7 Å². The summed E-state index contributed by atoms with van der Waals surface area (Å²) in [6.45, 7) is 4.41. The van der Waals surface area contributed by atoms with Crippen LogP contribution in [-0.4, -0.2) is 36.2 Å². The number of hydrogen-bond donors (Lipinski definition) is 3. The molecule has 1 saturated heterocycles. The first-order chi connectivity index (χ1) is 8.61. The summed E-state index contributed by atoms with van der Waals surface area (Å²) in [4.78, 5) is 10.8. The zero-order valence-electron chi connectivity index (χ0n) is 10.7. The van der Waals surface area contributed by atoms with Gasteiger partial charge >= 0.3 is 5.97 Å². The molecular weight excluding hydrogens is 228 g/mol. The number of carboxylic acid groups (broad SMARTS) is 1. The molecule has 1 aromatic carbocycles. The molecule has 0 radical (unpaired) electrons. The monoisotopic (exact) mass is 248 g/mol. The molecule has 0 atom stereocenters. The van der Waals surface area contributed by atoms with Crippen molar-refractivity contribution in [3.8, 4) is 0 Å². The van der Waals surface area contributed by atoms with Crippen molar-refractivity contribution < 1.29 is 9.90 Å². The maximum atomic E-state index is 10.8. The maximum absolute atomic E-state index is 10.8. The second-order valence-electron chi connectivity index (χ2n) is 5.06. The largest absolute Gasteiger partial charge is 0.481 e. The van der Waals surface area contributed by atoms with Gasteiger partial charge in [-0.3, -0.25) is 4.79 Å². The van der Waals surface area contributed by atoms with Crippen molar-refractivity contribution in [3.63, 3.8) is 0 Å². The van der Waals surface area contributed by atoms with Gasteiger partial charge in [-0.15, -0.1) is 0 Å². The fraction of sp³-hybridized carbons (Fsp3) is 0.500. The first kappa shape index (κ1) is 13.1. The van der Waals surface area contributed by atoms with Crippen LogP contribution in [0.2, 0.25) is 0 Å². The molecule has 4 nitrogen and oxygen atoms in total. The lowest BCUT2D eigenvalue weighted by atomic mass is 9.88. The Kier molecular flexibility index (Phi) is 3.99. The molecule has 1 fully saturated rings. The second-order valence-corrected chi connectivity index (χ2v) is 5.06. The van der Waals surface area contributed by atoms with Gasteiger partial charge in [0.1, 0.15) is 0 Å². The van der Waals surface area contributed by atoms with Gasteiger partial charge in [-0.2, -0.15) is 0 Å². The molecule has 1 heterocycles. The van der Waals surface area contributed by atoms with Crippen LogP contribution < -0.4 is 10.6 Å². The van der Waals surface area contributed by atoms with Crippen LogP contribution in [0.15, 0.2) is 24.3 Å². The third-order valence-corrected chi connectivity index (χ3v) is 3.57. The second kappa shape index (κ2) is 5.50. The van der Waals surface area contributed by atoms with Crippen LogP contribution in [0.4, 0.5) is 0 Å². The molecule has 2 rings (SSSR count). The average Bonchev–Trinajstić information content (AvgIpc) is 2.27. The Morgan fingerprint density at radius 2 is 2.17 bits per heavy atom. The smallest absolute Gasteiger partial charge is 0.305 e. The highest BCUT2D eigenvalue weighted by atomic mass is 16.4. The highest BCUT2D eigenvalue weighted by Crippen LogP contribution is 2.16. The number of hydrogen-bond acceptors (Lipinski definition) is 3. The summed E-state index contributed by atoms with van der Waals surface area (Å²) in [7, 11) is 0. The van der Waals surface area contributed by atoms with Crippen LogP contribution in [0.3, 0.4) is 0 Å². The van der Waals surface area contributed by atoms with Gasteiger partial charge in [-0.1, -0.05) is 24.3 Å². The highest BCUT2D eigenvalue weighted by molar-refractivity contribution is 5.68. The van der Waals surface area contributed by atoms with Crippen molar-refractivity contribution in [3.05, 3.63) is 35.4 Å². The number of carboxylic acids is 1. The predicted octanol–water partition coefficient (Wildman–Crippen LogP) is 0.944. The van der Waals surface area contributed by atoms with Gasteiger partial charge in [0.05, 0.1) is 12.0 Å². The van der Waals surface area contributed by atoms with E-state index in [9.17, 15) is 4.79 Å². The number of nitrogens with one attached hydrogen (secondary N) is 2. The van der Waals surface area contributed by atoms with Gasteiger partial charge in [0.2, 0.25) is 0 Å². The van der Waals surface area contributed by atoms with Crippen molar-refractivity contribution >= 4 is 5.97 Å². The number of aliphatic carboxylic acids is 1. The summed E-state index contributed by atoms with van der Waals surface area (Å²) in [5.41, 5.74) is 2.37. The summed E-state index contributed by atoms with van der Waals surface area (Å²) in [5, 5.41) is 15.4. The molecule has 0 bridgehead atoms. The zero-order chi connectivity index (χ0) is 13.0. The molecule has 0 saturated carbocycles. The maximum Gasteiger partial charge on any atom is 0.305 e. The minimum Gasteiger partial charge on any atom is -0.481 e. The minimum absolute atomic E-state index is 0.188. The molecule has 0 amide bonds. The first-order valence-corrected chi connectivity index (χ1v) is 6.33. The van der Waals surface area contributed by atoms with Crippen LogP contribution in [0.1, 0.15) is 17.5 Å². The third-order valence-electron chi connectivity index (χ3n) is 3.57. The highest BCUT2D eigenvalue weighted by Gasteiger charge is 2.38. The fourth-order valence-corrected chi connectivity index (χ4v) is 2.38. The van der Waals surface area contributed by atoms with E-state index < -0.39 is 5.97 Å². The molecule has 3 N–H and O–H groups in total. The van der Waals surface area contributed by atoms with Gasteiger partial charge in [-0.05, 0) is 31.0 Å². The molecule has 0 unspecified atom stereocenters.